The molecule has 0 spiro atoms. The van der Waals surface area contributed by atoms with E-state index in [1.54, 1.807) is 6.21 Å². The van der Waals surface area contributed by atoms with Crippen molar-refractivity contribution in [2.75, 3.05) is 13.2 Å². The summed E-state index contributed by atoms with van der Waals surface area (Å²) in [6.45, 7) is 3.59. The van der Waals surface area contributed by atoms with Gasteiger partial charge < -0.3 is 10.1 Å². The first kappa shape index (κ1) is 15.7. The molecule has 1 fully saturated rings. The highest BCUT2D eigenvalue weighted by molar-refractivity contribution is 7.80. The van der Waals surface area contributed by atoms with Crippen LogP contribution in [0.25, 0.3) is 6.08 Å². The Balaban J connectivity index is 1.71. The van der Waals surface area contributed by atoms with Gasteiger partial charge >= 0.3 is 0 Å². The quantitative estimate of drug-likeness (QED) is 0.499. The molecule has 0 unspecified atom stereocenters. The molecule has 2 rings (SSSR count). The van der Waals surface area contributed by atoms with Crippen molar-refractivity contribution in [2.24, 2.45) is 5.10 Å². The van der Waals surface area contributed by atoms with E-state index in [2.05, 4.69) is 34.1 Å². The Kier molecular flexibility index (Phi) is 6.37. The molecule has 1 atom stereocenters. The lowest BCUT2D eigenvalue weighted by Gasteiger charge is -2.11. The summed E-state index contributed by atoms with van der Waals surface area (Å²) < 4.78 is 5.51. The molecule has 5 heteroatoms. The molecule has 0 radical (unpaired) electrons. The largest absolute Gasteiger partial charge is 0.376 e. The maximum atomic E-state index is 5.51. The number of hydrazone groups is 1. The van der Waals surface area contributed by atoms with Crippen LogP contribution in [-0.4, -0.2) is 30.6 Å². The van der Waals surface area contributed by atoms with Crippen molar-refractivity contribution < 1.29 is 4.74 Å². The Morgan fingerprint density at radius 2 is 2.24 bits per heavy atom. The standard InChI is InChI=1S/C16H21N3OS/c1-13(10-14-6-3-2-4-7-14)11-18-19-16(21)17-12-15-8-5-9-20-15/h2-4,6-7,10-11,15H,5,8-9,12H2,1H3,(H2,17,19,21)/b13-10+,18-11-/t15-/m0/s1. The zero-order valence-corrected chi connectivity index (χ0v) is 13.0. The van der Waals surface area contributed by atoms with Crippen LogP contribution in [0, 0.1) is 0 Å². The molecule has 21 heavy (non-hydrogen) atoms. The average Bonchev–Trinajstić information content (AvgIpc) is 2.99. The van der Waals surface area contributed by atoms with Crippen molar-refractivity contribution in [1.82, 2.24) is 10.7 Å². The number of benzene rings is 1. The lowest BCUT2D eigenvalue weighted by Crippen LogP contribution is -2.37. The Labute approximate surface area is 131 Å². The van der Waals surface area contributed by atoms with Gasteiger partial charge in [-0.3, -0.25) is 5.43 Å². The van der Waals surface area contributed by atoms with E-state index in [1.165, 1.54) is 0 Å². The van der Waals surface area contributed by atoms with Crippen molar-refractivity contribution in [1.29, 1.82) is 0 Å². The first-order valence-electron chi connectivity index (χ1n) is 7.16. The van der Waals surface area contributed by atoms with Crippen molar-refractivity contribution in [3.8, 4) is 0 Å². The topological polar surface area (TPSA) is 45.7 Å². The molecule has 4 nitrogen and oxygen atoms in total. The van der Waals surface area contributed by atoms with Crippen molar-refractivity contribution >= 4 is 29.6 Å². The minimum Gasteiger partial charge on any atom is -0.376 e. The van der Waals surface area contributed by atoms with Crippen LogP contribution in [0.4, 0.5) is 0 Å². The summed E-state index contributed by atoms with van der Waals surface area (Å²) in [6, 6.07) is 10.1. The first-order chi connectivity index (χ1) is 10.2. The highest BCUT2D eigenvalue weighted by Gasteiger charge is 2.14. The minimum absolute atomic E-state index is 0.272. The van der Waals surface area contributed by atoms with Gasteiger partial charge in [0.05, 0.1) is 12.3 Å². The molecule has 1 aliphatic rings. The molecule has 1 saturated heterocycles. The molecule has 1 aliphatic heterocycles. The van der Waals surface area contributed by atoms with E-state index in [0.717, 1.165) is 37.1 Å². The van der Waals surface area contributed by atoms with Crippen LogP contribution in [0.2, 0.25) is 0 Å². The SMILES string of the molecule is CC(/C=N\NC(=S)NC[C@@H]1CCCO1)=C\c1ccccc1. The average molecular weight is 303 g/mol. The number of allylic oxidation sites excluding steroid dienone is 1. The predicted octanol–water partition coefficient (Wildman–Crippen LogP) is 2.72. The molecule has 112 valence electrons. The van der Waals surface area contributed by atoms with Gasteiger partial charge in [0, 0.05) is 13.2 Å². The summed E-state index contributed by atoms with van der Waals surface area (Å²) >= 11 is 5.16. The second-order valence-corrected chi connectivity index (χ2v) is 5.42. The van der Waals surface area contributed by atoms with E-state index in [0.29, 0.717) is 5.11 Å². The van der Waals surface area contributed by atoms with Crippen LogP contribution in [0.15, 0.2) is 41.0 Å². The second-order valence-electron chi connectivity index (χ2n) is 5.01. The van der Waals surface area contributed by atoms with Gasteiger partial charge in [-0.15, -0.1) is 0 Å². The van der Waals surface area contributed by atoms with Gasteiger partial charge in [0.25, 0.3) is 0 Å². The van der Waals surface area contributed by atoms with E-state index in [9.17, 15) is 0 Å². The molecule has 0 aromatic heterocycles. The van der Waals surface area contributed by atoms with Gasteiger partial charge in [0.15, 0.2) is 5.11 Å². The fourth-order valence-corrected chi connectivity index (χ4v) is 2.23. The summed E-state index contributed by atoms with van der Waals surface area (Å²) in [5.74, 6) is 0. The first-order valence-corrected chi connectivity index (χ1v) is 7.57. The monoisotopic (exact) mass is 303 g/mol. The third-order valence-electron chi connectivity index (χ3n) is 3.14. The summed E-state index contributed by atoms with van der Waals surface area (Å²) in [7, 11) is 0. The molecule has 0 bridgehead atoms. The number of ether oxygens (including phenoxy) is 1. The Bertz CT molecular complexity index is 508. The Hall–Kier alpha value is -1.72. The van der Waals surface area contributed by atoms with Gasteiger partial charge in [0.1, 0.15) is 0 Å². The maximum absolute atomic E-state index is 5.51. The molecule has 2 N–H and O–H groups in total. The predicted molar refractivity (Wildman–Crippen MR) is 91.3 cm³/mol. The molecule has 1 heterocycles. The lowest BCUT2D eigenvalue weighted by atomic mass is 10.1. The summed E-state index contributed by atoms with van der Waals surface area (Å²) in [5.41, 5.74) is 5.02. The van der Waals surface area contributed by atoms with Crippen LogP contribution in [0.1, 0.15) is 25.3 Å². The number of nitrogens with zero attached hydrogens (tertiary/aromatic N) is 1. The summed E-state index contributed by atoms with van der Waals surface area (Å²) in [4.78, 5) is 0. The zero-order valence-electron chi connectivity index (χ0n) is 12.2. The normalized spacial score (nSPS) is 18.9. The minimum atomic E-state index is 0.272. The third-order valence-corrected chi connectivity index (χ3v) is 3.38. The van der Waals surface area contributed by atoms with E-state index >= 15 is 0 Å². The smallest absolute Gasteiger partial charge is 0.187 e. The maximum Gasteiger partial charge on any atom is 0.187 e. The molecular weight excluding hydrogens is 282 g/mol. The Morgan fingerprint density at radius 3 is 2.95 bits per heavy atom. The van der Waals surface area contributed by atoms with E-state index in [4.69, 9.17) is 17.0 Å². The van der Waals surface area contributed by atoms with Gasteiger partial charge in [-0.1, -0.05) is 36.4 Å². The van der Waals surface area contributed by atoms with Crippen molar-refractivity contribution in [2.45, 2.75) is 25.9 Å². The van der Waals surface area contributed by atoms with Gasteiger partial charge in [-0.05, 0) is 43.1 Å². The van der Waals surface area contributed by atoms with Crippen LogP contribution < -0.4 is 10.7 Å². The number of hydrogen-bond acceptors (Lipinski definition) is 3. The second kappa shape index (κ2) is 8.54. The Morgan fingerprint density at radius 1 is 1.43 bits per heavy atom. The molecule has 0 amide bonds. The summed E-state index contributed by atoms with van der Waals surface area (Å²) in [5, 5.41) is 7.76. The van der Waals surface area contributed by atoms with E-state index in [-0.39, 0.29) is 6.10 Å². The number of nitrogens with one attached hydrogen (secondary N) is 2. The molecule has 0 aliphatic carbocycles. The number of rotatable bonds is 5. The van der Waals surface area contributed by atoms with Crippen LogP contribution >= 0.6 is 12.2 Å². The third kappa shape index (κ3) is 6.06. The van der Waals surface area contributed by atoms with Gasteiger partial charge in [-0.25, -0.2) is 0 Å². The van der Waals surface area contributed by atoms with Crippen molar-refractivity contribution in [3.63, 3.8) is 0 Å². The highest BCUT2D eigenvalue weighted by Crippen LogP contribution is 2.10. The summed E-state index contributed by atoms with van der Waals surface area (Å²) in [6.07, 6.45) is 6.32. The zero-order chi connectivity index (χ0) is 14.9. The van der Waals surface area contributed by atoms with Crippen LogP contribution in [0.5, 0.6) is 0 Å². The molecule has 1 aromatic rings. The lowest BCUT2D eigenvalue weighted by molar-refractivity contribution is 0.114. The van der Waals surface area contributed by atoms with E-state index in [1.807, 2.05) is 25.1 Å². The fraction of sp³-hybridized carbons (Fsp3) is 0.375. The van der Waals surface area contributed by atoms with Gasteiger partial charge in [-0.2, -0.15) is 5.10 Å². The molecule has 0 saturated carbocycles. The number of hydrogen-bond donors (Lipinski definition) is 2. The molecule has 1 aromatic carbocycles. The highest BCUT2D eigenvalue weighted by atomic mass is 32.1. The van der Waals surface area contributed by atoms with E-state index < -0.39 is 0 Å². The fourth-order valence-electron chi connectivity index (χ4n) is 2.09. The molecular formula is C16H21N3OS. The van der Waals surface area contributed by atoms with Gasteiger partial charge in [0.2, 0.25) is 0 Å². The number of thiocarbonyl (C=S) groups is 1. The van der Waals surface area contributed by atoms with Crippen molar-refractivity contribution in [3.05, 3.63) is 41.5 Å². The van der Waals surface area contributed by atoms with Crippen LogP contribution in [-0.2, 0) is 4.74 Å². The van der Waals surface area contributed by atoms with Crippen LogP contribution in [0.3, 0.4) is 0 Å².